The van der Waals surface area contributed by atoms with Crippen molar-refractivity contribution in [3.05, 3.63) is 45.9 Å². The predicted molar refractivity (Wildman–Crippen MR) is 86.0 cm³/mol. The summed E-state index contributed by atoms with van der Waals surface area (Å²) in [5, 5.41) is 3.25. The molecule has 1 heterocycles. The van der Waals surface area contributed by atoms with E-state index in [1.807, 2.05) is 30.1 Å². The van der Waals surface area contributed by atoms with Crippen LogP contribution in [-0.2, 0) is 17.7 Å². The number of hydrogen-bond donors (Lipinski definition) is 0. The van der Waals surface area contributed by atoms with E-state index in [1.165, 1.54) is 12.1 Å². The van der Waals surface area contributed by atoms with E-state index in [4.69, 9.17) is 4.74 Å². The molecule has 21 heavy (non-hydrogen) atoms. The molecule has 0 radical (unpaired) electrons. The van der Waals surface area contributed by atoms with Gasteiger partial charge in [0.05, 0.1) is 35.6 Å². The Bertz CT molecular complexity index is 610. The monoisotopic (exact) mass is 304 g/mol. The highest BCUT2D eigenvalue weighted by atomic mass is 32.1. The molecule has 2 aromatic rings. The maximum Gasteiger partial charge on any atom is 0.339 e. The SMILES string of the molecule is CCCc1nc(CN(C)c2ccccc2C(=O)OC)cs1. The molecule has 4 nitrogen and oxygen atoms in total. The number of carbonyl (C=O) groups is 1. The molecule has 0 aliphatic carbocycles. The molecule has 0 aliphatic heterocycles. The Morgan fingerprint density at radius 3 is 2.86 bits per heavy atom. The van der Waals surface area contributed by atoms with Crippen LogP contribution in [0.15, 0.2) is 29.6 Å². The number of hydrogen-bond acceptors (Lipinski definition) is 5. The van der Waals surface area contributed by atoms with Crippen molar-refractivity contribution >= 4 is 23.0 Å². The first-order chi connectivity index (χ1) is 10.2. The van der Waals surface area contributed by atoms with Gasteiger partial charge in [-0.3, -0.25) is 0 Å². The van der Waals surface area contributed by atoms with E-state index in [-0.39, 0.29) is 5.97 Å². The number of ether oxygens (including phenoxy) is 1. The van der Waals surface area contributed by atoms with Gasteiger partial charge in [0.1, 0.15) is 0 Å². The van der Waals surface area contributed by atoms with E-state index in [0.717, 1.165) is 24.2 Å². The van der Waals surface area contributed by atoms with Crippen LogP contribution < -0.4 is 4.90 Å². The lowest BCUT2D eigenvalue weighted by Crippen LogP contribution is -2.20. The summed E-state index contributed by atoms with van der Waals surface area (Å²) in [7, 11) is 3.36. The van der Waals surface area contributed by atoms with Crippen molar-refractivity contribution in [3.8, 4) is 0 Å². The van der Waals surface area contributed by atoms with Crippen LogP contribution in [0.5, 0.6) is 0 Å². The number of para-hydroxylation sites is 1. The van der Waals surface area contributed by atoms with Gasteiger partial charge in [0, 0.05) is 12.4 Å². The number of nitrogens with zero attached hydrogens (tertiary/aromatic N) is 2. The minimum absolute atomic E-state index is 0.317. The topological polar surface area (TPSA) is 42.4 Å². The Morgan fingerprint density at radius 2 is 2.14 bits per heavy atom. The van der Waals surface area contributed by atoms with E-state index in [0.29, 0.717) is 12.1 Å². The lowest BCUT2D eigenvalue weighted by molar-refractivity contribution is 0.0601. The summed E-state index contributed by atoms with van der Waals surface area (Å²) in [5.74, 6) is -0.317. The number of esters is 1. The molecule has 0 saturated heterocycles. The number of carbonyl (C=O) groups excluding carboxylic acids is 1. The molecule has 0 spiro atoms. The minimum Gasteiger partial charge on any atom is -0.465 e. The van der Waals surface area contributed by atoms with Crippen molar-refractivity contribution in [2.75, 3.05) is 19.1 Å². The van der Waals surface area contributed by atoms with Crippen molar-refractivity contribution < 1.29 is 9.53 Å². The number of methoxy groups -OCH3 is 1. The summed E-state index contributed by atoms with van der Waals surface area (Å²) in [6.07, 6.45) is 2.13. The summed E-state index contributed by atoms with van der Waals surface area (Å²) in [4.78, 5) is 18.5. The number of rotatable bonds is 6. The third-order valence-electron chi connectivity index (χ3n) is 3.18. The van der Waals surface area contributed by atoms with E-state index in [1.54, 1.807) is 17.4 Å². The molecule has 112 valence electrons. The van der Waals surface area contributed by atoms with Gasteiger partial charge >= 0.3 is 5.97 Å². The van der Waals surface area contributed by atoms with Crippen molar-refractivity contribution in [1.29, 1.82) is 0 Å². The van der Waals surface area contributed by atoms with Gasteiger partial charge in [-0.15, -0.1) is 11.3 Å². The average molecular weight is 304 g/mol. The van der Waals surface area contributed by atoms with Crippen LogP contribution in [0.1, 0.15) is 34.4 Å². The molecule has 0 atom stereocenters. The molecule has 0 N–H and O–H groups in total. The normalized spacial score (nSPS) is 10.4. The van der Waals surface area contributed by atoms with Gasteiger partial charge in [0.2, 0.25) is 0 Å². The fourth-order valence-electron chi connectivity index (χ4n) is 2.17. The summed E-state index contributed by atoms with van der Waals surface area (Å²) >= 11 is 1.70. The first kappa shape index (κ1) is 15.5. The van der Waals surface area contributed by atoms with Gasteiger partial charge in [-0.25, -0.2) is 9.78 Å². The molecule has 2 rings (SSSR count). The molecule has 0 fully saturated rings. The zero-order valence-corrected chi connectivity index (χ0v) is 13.4. The largest absolute Gasteiger partial charge is 0.465 e. The molecular weight excluding hydrogens is 284 g/mol. The lowest BCUT2D eigenvalue weighted by Gasteiger charge is -2.20. The van der Waals surface area contributed by atoms with Gasteiger partial charge in [-0.2, -0.15) is 0 Å². The number of thiazole rings is 1. The van der Waals surface area contributed by atoms with Crippen LogP contribution in [0.4, 0.5) is 5.69 Å². The van der Waals surface area contributed by atoms with Gasteiger partial charge in [-0.1, -0.05) is 19.1 Å². The number of anilines is 1. The second kappa shape index (κ2) is 7.22. The zero-order chi connectivity index (χ0) is 15.2. The average Bonchev–Trinajstić information content (AvgIpc) is 2.94. The first-order valence-corrected chi connectivity index (χ1v) is 7.85. The van der Waals surface area contributed by atoms with Crippen molar-refractivity contribution in [2.24, 2.45) is 0 Å². The van der Waals surface area contributed by atoms with Crippen molar-refractivity contribution in [2.45, 2.75) is 26.3 Å². The van der Waals surface area contributed by atoms with E-state index in [9.17, 15) is 4.79 Å². The molecule has 0 bridgehead atoms. The van der Waals surface area contributed by atoms with Crippen LogP contribution >= 0.6 is 11.3 Å². The molecule has 0 saturated carbocycles. The Balaban J connectivity index is 2.16. The Labute approximate surface area is 129 Å². The van der Waals surface area contributed by atoms with Crippen LogP contribution in [0.3, 0.4) is 0 Å². The first-order valence-electron chi connectivity index (χ1n) is 6.97. The van der Waals surface area contributed by atoms with Gasteiger partial charge in [0.25, 0.3) is 0 Å². The maximum absolute atomic E-state index is 11.8. The molecule has 0 amide bonds. The quantitative estimate of drug-likeness (QED) is 0.766. The van der Waals surface area contributed by atoms with Gasteiger partial charge in [0.15, 0.2) is 0 Å². The Hall–Kier alpha value is -1.88. The van der Waals surface area contributed by atoms with E-state index in [2.05, 4.69) is 17.3 Å². The zero-order valence-electron chi connectivity index (χ0n) is 12.6. The minimum atomic E-state index is -0.317. The van der Waals surface area contributed by atoms with Gasteiger partial charge in [-0.05, 0) is 25.0 Å². The van der Waals surface area contributed by atoms with Crippen LogP contribution in [0, 0.1) is 0 Å². The standard InChI is InChI=1S/C16H20N2O2S/c1-4-7-15-17-12(11-21-15)10-18(2)14-9-6-5-8-13(14)16(19)20-3/h5-6,8-9,11H,4,7,10H2,1-3H3. The Morgan fingerprint density at radius 1 is 1.38 bits per heavy atom. The summed E-state index contributed by atoms with van der Waals surface area (Å²) in [6, 6.07) is 7.46. The molecule has 5 heteroatoms. The third kappa shape index (κ3) is 3.82. The lowest BCUT2D eigenvalue weighted by atomic mass is 10.1. The molecule has 0 unspecified atom stereocenters. The van der Waals surface area contributed by atoms with Gasteiger partial charge < -0.3 is 9.64 Å². The maximum atomic E-state index is 11.8. The molecule has 1 aromatic carbocycles. The van der Waals surface area contributed by atoms with E-state index < -0.39 is 0 Å². The summed E-state index contributed by atoms with van der Waals surface area (Å²) in [6.45, 7) is 2.83. The second-order valence-corrected chi connectivity index (χ2v) is 5.79. The smallest absolute Gasteiger partial charge is 0.339 e. The second-order valence-electron chi connectivity index (χ2n) is 4.85. The third-order valence-corrected chi connectivity index (χ3v) is 4.14. The molecular formula is C16H20N2O2S. The summed E-state index contributed by atoms with van der Waals surface area (Å²) in [5.41, 5.74) is 2.46. The number of aryl methyl sites for hydroxylation is 1. The predicted octanol–water partition coefficient (Wildman–Crippen LogP) is 3.52. The van der Waals surface area contributed by atoms with Crippen molar-refractivity contribution in [3.63, 3.8) is 0 Å². The van der Waals surface area contributed by atoms with Crippen LogP contribution in [0.25, 0.3) is 0 Å². The Kier molecular flexibility index (Phi) is 5.33. The van der Waals surface area contributed by atoms with E-state index >= 15 is 0 Å². The molecule has 1 aromatic heterocycles. The fourth-order valence-corrected chi connectivity index (χ4v) is 3.06. The van der Waals surface area contributed by atoms with Crippen LogP contribution in [-0.4, -0.2) is 25.1 Å². The van der Waals surface area contributed by atoms with Crippen LogP contribution in [0.2, 0.25) is 0 Å². The number of benzene rings is 1. The highest BCUT2D eigenvalue weighted by molar-refractivity contribution is 7.09. The summed E-state index contributed by atoms with van der Waals surface area (Å²) < 4.78 is 4.83. The van der Waals surface area contributed by atoms with Crippen molar-refractivity contribution in [1.82, 2.24) is 4.98 Å². The number of aromatic nitrogens is 1. The highest BCUT2D eigenvalue weighted by Crippen LogP contribution is 2.22. The highest BCUT2D eigenvalue weighted by Gasteiger charge is 2.15. The molecule has 0 aliphatic rings. The fraction of sp³-hybridized carbons (Fsp3) is 0.375.